The average molecular weight is 273 g/mol. The maximum atomic E-state index is 5.08. The van der Waals surface area contributed by atoms with Crippen molar-refractivity contribution in [2.24, 2.45) is 5.41 Å². The van der Waals surface area contributed by atoms with Crippen LogP contribution >= 0.6 is 0 Å². The average Bonchev–Trinajstić information content (AvgIpc) is 2.96. The van der Waals surface area contributed by atoms with Crippen LogP contribution in [0.1, 0.15) is 89.0 Å². The highest BCUT2D eigenvalue weighted by atomic mass is 15.1. The zero-order valence-corrected chi connectivity index (χ0v) is 13.2. The maximum Gasteiger partial charge on any atom is 0.123 e. The molecule has 0 amide bonds. The molecule has 3 nitrogen and oxygen atoms in total. The van der Waals surface area contributed by atoms with Crippen LogP contribution in [0.25, 0.3) is 0 Å². The Bertz CT molecular complexity index is 544. The van der Waals surface area contributed by atoms with Gasteiger partial charge in [-0.25, -0.2) is 4.98 Å². The molecular formula is C17H27N3. The normalized spacial score (nSPS) is 41.9. The number of H-pyrrole nitrogens is 1. The van der Waals surface area contributed by atoms with Crippen LogP contribution in [0.3, 0.4) is 0 Å². The van der Waals surface area contributed by atoms with E-state index in [4.69, 9.17) is 4.98 Å². The molecule has 1 saturated heterocycles. The molecule has 1 aromatic heterocycles. The van der Waals surface area contributed by atoms with Gasteiger partial charge in [-0.1, -0.05) is 20.8 Å². The van der Waals surface area contributed by atoms with Crippen LogP contribution in [0.2, 0.25) is 0 Å². The lowest BCUT2D eigenvalue weighted by Crippen LogP contribution is -2.36. The van der Waals surface area contributed by atoms with Crippen molar-refractivity contribution in [1.82, 2.24) is 15.3 Å². The minimum atomic E-state index is 0.280. The third-order valence-electron chi connectivity index (χ3n) is 6.79. The van der Waals surface area contributed by atoms with Crippen LogP contribution in [-0.2, 0) is 5.41 Å². The molecule has 1 saturated carbocycles. The van der Waals surface area contributed by atoms with Crippen molar-refractivity contribution < 1.29 is 0 Å². The van der Waals surface area contributed by atoms with E-state index in [2.05, 4.69) is 38.0 Å². The Labute approximate surface area is 122 Å². The van der Waals surface area contributed by atoms with Gasteiger partial charge in [0.05, 0.1) is 11.7 Å². The molecule has 4 rings (SSSR count). The van der Waals surface area contributed by atoms with Crippen LogP contribution < -0.4 is 5.32 Å². The van der Waals surface area contributed by atoms with Gasteiger partial charge >= 0.3 is 0 Å². The van der Waals surface area contributed by atoms with E-state index in [0.717, 1.165) is 0 Å². The molecule has 1 aliphatic heterocycles. The SMILES string of the molecule is CC1CCCC(c2nc3c([nH]2)C2CCC3(C)C2(C)C)N1. The van der Waals surface area contributed by atoms with Gasteiger partial charge in [0, 0.05) is 23.1 Å². The molecule has 3 heteroatoms. The van der Waals surface area contributed by atoms with Gasteiger partial charge < -0.3 is 10.3 Å². The molecule has 0 radical (unpaired) electrons. The number of nitrogens with one attached hydrogen (secondary N) is 2. The Kier molecular flexibility index (Phi) is 2.50. The van der Waals surface area contributed by atoms with Gasteiger partial charge in [-0.2, -0.15) is 0 Å². The number of fused-ring (bicyclic) bond motifs is 5. The molecule has 0 aromatic carbocycles. The molecule has 20 heavy (non-hydrogen) atoms. The fraction of sp³-hybridized carbons (Fsp3) is 0.824. The minimum Gasteiger partial charge on any atom is -0.344 e. The van der Waals surface area contributed by atoms with Crippen LogP contribution in [0.4, 0.5) is 0 Å². The van der Waals surface area contributed by atoms with Gasteiger partial charge in [0.1, 0.15) is 5.82 Å². The van der Waals surface area contributed by atoms with Gasteiger partial charge in [-0.15, -0.1) is 0 Å². The lowest BCUT2D eigenvalue weighted by atomic mass is 9.70. The quantitative estimate of drug-likeness (QED) is 0.817. The first-order valence-corrected chi connectivity index (χ1v) is 8.30. The molecule has 110 valence electrons. The van der Waals surface area contributed by atoms with E-state index >= 15 is 0 Å². The van der Waals surface area contributed by atoms with E-state index in [1.54, 1.807) is 0 Å². The zero-order chi connectivity index (χ0) is 14.1. The smallest absolute Gasteiger partial charge is 0.123 e. The summed E-state index contributed by atoms with van der Waals surface area (Å²) in [7, 11) is 0. The van der Waals surface area contributed by atoms with Crippen LogP contribution in [0.5, 0.6) is 0 Å². The standard InChI is InChI=1S/C17H27N3/c1-10-6-5-7-12(18-10)15-19-13-11-8-9-17(4,14(13)20-15)16(11,2)3/h10-12,18H,5-9H2,1-4H3,(H,19,20). The Balaban J connectivity index is 1.71. The van der Waals surface area contributed by atoms with E-state index in [1.807, 2.05) is 0 Å². The Morgan fingerprint density at radius 1 is 1.15 bits per heavy atom. The molecule has 2 aliphatic carbocycles. The molecule has 4 atom stereocenters. The lowest BCUT2D eigenvalue weighted by molar-refractivity contribution is 0.224. The number of rotatable bonds is 1. The fourth-order valence-electron chi connectivity index (χ4n) is 5.03. The molecule has 0 spiro atoms. The third-order valence-corrected chi connectivity index (χ3v) is 6.79. The molecule has 2 heterocycles. The van der Waals surface area contributed by atoms with Crippen LogP contribution in [0, 0.1) is 5.41 Å². The van der Waals surface area contributed by atoms with Crippen molar-refractivity contribution in [2.75, 3.05) is 0 Å². The third kappa shape index (κ3) is 1.42. The fourth-order valence-corrected chi connectivity index (χ4v) is 5.03. The summed E-state index contributed by atoms with van der Waals surface area (Å²) in [6.07, 6.45) is 6.46. The van der Waals surface area contributed by atoms with Gasteiger partial charge in [0.2, 0.25) is 0 Å². The molecular weight excluding hydrogens is 246 g/mol. The minimum absolute atomic E-state index is 0.280. The van der Waals surface area contributed by atoms with Gasteiger partial charge in [0.25, 0.3) is 0 Å². The first kappa shape index (κ1) is 12.9. The molecule has 4 unspecified atom stereocenters. The zero-order valence-electron chi connectivity index (χ0n) is 13.2. The summed E-state index contributed by atoms with van der Waals surface area (Å²) in [5.74, 6) is 1.89. The predicted octanol–water partition coefficient (Wildman–Crippen LogP) is 3.79. The summed E-state index contributed by atoms with van der Waals surface area (Å²) >= 11 is 0. The molecule has 3 aliphatic rings. The number of hydrogen-bond donors (Lipinski definition) is 2. The molecule has 2 fully saturated rings. The first-order chi connectivity index (χ1) is 9.43. The summed E-state index contributed by atoms with van der Waals surface area (Å²) in [6.45, 7) is 9.58. The lowest BCUT2D eigenvalue weighted by Gasteiger charge is -2.34. The van der Waals surface area contributed by atoms with Crippen molar-refractivity contribution in [3.8, 4) is 0 Å². The summed E-state index contributed by atoms with van der Waals surface area (Å²) in [4.78, 5) is 8.80. The summed E-state index contributed by atoms with van der Waals surface area (Å²) in [5.41, 5.74) is 3.49. The highest BCUT2D eigenvalue weighted by molar-refractivity contribution is 5.42. The number of hydrogen-bond acceptors (Lipinski definition) is 2. The van der Waals surface area contributed by atoms with Crippen LogP contribution in [-0.4, -0.2) is 16.0 Å². The number of nitrogens with zero attached hydrogens (tertiary/aromatic N) is 1. The second-order valence-electron chi connectivity index (χ2n) is 8.08. The predicted molar refractivity (Wildman–Crippen MR) is 80.9 cm³/mol. The maximum absolute atomic E-state index is 5.08. The van der Waals surface area contributed by atoms with E-state index < -0.39 is 0 Å². The second-order valence-corrected chi connectivity index (χ2v) is 8.08. The van der Waals surface area contributed by atoms with E-state index in [9.17, 15) is 0 Å². The molecule has 2 N–H and O–H groups in total. The van der Waals surface area contributed by atoms with E-state index in [-0.39, 0.29) is 5.41 Å². The van der Waals surface area contributed by atoms with Crippen LogP contribution in [0.15, 0.2) is 0 Å². The number of piperidine rings is 1. The Morgan fingerprint density at radius 3 is 2.65 bits per heavy atom. The topological polar surface area (TPSA) is 40.7 Å². The van der Waals surface area contributed by atoms with E-state index in [0.29, 0.717) is 23.4 Å². The van der Waals surface area contributed by atoms with Crippen molar-refractivity contribution >= 4 is 0 Å². The van der Waals surface area contributed by atoms with Gasteiger partial charge in [0.15, 0.2) is 0 Å². The van der Waals surface area contributed by atoms with Crippen molar-refractivity contribution in [3.63, 3.8) is 0 Å². The number of aromatic amines is 1. The van der Waals surface area contributed by atoms with Crippen molar-refractivity contribution in [3.05, 3.63) is 17.2 Å². The highest BCUT2D eigenvalue weighted by Gasteiger charge is 2.61. The molecule has 2 bridgehead atoms. The van der Waals surface area contributed by atoms with Crippen molar-refractivity contribution in [2.45, 2.75) is 83.2 Å². The Hall–Kier alpha value is -0.830. The van der Waals surface area contributed by atoms with Gasteiger partial charge in [-0.3, -0.25) is 0 Å². The Morgan fingerprint density at radius 2 is 1.95 bits per heavy atom. The van der Waals surface area contributed by atoms with Crippen molar-refractivity contribution in [1.29, 1.82) is 0 Å². The summed E-state index contributed by atoms with van der Waals surface area (Å²) in [6, 6.07) is 1.06. The monoisotopic (exact) mass is 273 g/mol. The van der Waals surface area contributed by atoms with Gasteiger partial charge in [-0.05, 0) is 44.4 Å². The molecule has 1 aromatic rings. The largest absolute Gasteiger partial charge is 0.344 e. The number of imidazole rings is 1. The van der Waals surface area contributed by atoms with E-state index in [1.165, 1.54) is 49.3 Å². The number of aromatic nitrogens is 2. The second kappa shape index (κ2) is 3.88. The highest BCUT2D eigenvalue weighted by Crippen LogP contribution is 2.67. The summed E-state index contributed by atoms with van der Waals surface area (Å²) < 4.78 is 0. The summed E-state index contributed by atoms with van der Waals surface area (Å²) in [5, 5.41) is 3.71. The first-order valence-electron chi connectivity index (χ1n) is 8.30.